The highest BCUT2D eigenvalue weighted by atomic mass is 14.7. The molecule has 0 heterocycles. The normalized spacial score (nSPS) is 13.3. The molecule has 1 nitrogen and oxygen atoms in total. The van der Waals surface area contributed by atoms with Gasteiger partial charge in [0.2, 0.25) is 0 Å². The van der Waals surface area contributed by atoms with Crippen molar-refractivity contribution in [2.75, 3.05) is 0 Å². The molecule has 26 heavy (non-hydrogen) atoms. The van der Waals surface area contributed by atoms with Crippen LogP contribution in [-0.2, 0) is 0 Å². The summed E-state index contributed by atoms with van der Waals surface area (Å²) in [6.45, 7) is 9.29. The summed E-state index contributed by atoms with van der Waals surface area (Å²) in [6.07, 6.45) is 26.6. The Morgan fingerprint density at radius 3 is 1.27 bits per heavy atom. The van der Waals surface area contributed by atoms with Gasteiger partial charge in [-0.25, -0.2) is 0 Å². The summed E-state index contributed by atoms with van der Waals surface area (Å²) in [5, 5.41) is 0. The molecule has 0 aliphatic rings. The van der Waals surface area contributed by atoms with E-state index in [9.17, 15) is 0 Å². The zero-order chi connectivity index (χ0) is 19.5. The summed E-state index contributed by atoms with van der Waals surface area (Å²) >= 11 is 0. The van der Waals surface area contributed by atoms with Crippen molar-refractivity contribution in [3.8, 4) is 0 Å². The number of hydrogen-bond acceptors (Lipinski definition) is 1. The Hall–Kier alpha value is -0.0400. The SMILES string of the molecule is CCCCCCCCCCCCCCCCCC(N)C(C)(C)CCCC. The maximum absolute atomic E-state index is 6.45. The van der Waals surface area contributed by atoms with Crippen LogP contribution in [0, 0.1) is 5.41 Å². The van der Waals surface area contributed by atoms with Crippen molar-refractivity contribution in [2.45, 2.75) is 156 Å². The van der Waals surface area contributed by atoms with Crippen LogP contribution in [0.4, 0.5) is 0 Å². The Kier molecular flexibility index (Phi) is 18.3. The number of nitrogens with two attached hydrogens (primary N) is 1. The Bertz CT molecular complexity index is 271. The van der Waals surface area contributed by atoms with Crippen LogP contribution in [0.2, 0.25) is 0 Å². The van der Waals surface area contributed by atoms with E-state index in [4.69, 9.17) is 5.73 Å². The van der Waals surface area contributed by atoms with Crippen LogP contribution in [0.25, 0.3) is 0 Å². The van der Waals surface area contributed by atoms with Gasteiger partial charge in [-0.3, -0.25) is 0 Å². The van der Waals surface area contributed by atoms with Crippen LogP contribution in [0.3, 0.4) is 0 Å². The molecule has 0 saturated carbocycles. The largest absolute Gasteiger partial charge is 0.327 e. The summed E-state index contributed by atoms with van der Waals surface area (Å²) < 4.78 is 0. The maximum Gasteiger partial charge on any atom is 0.00902 e. The molecule has 1 heteroatoms. The Labute approximate surface area is 167 Å². The van der Waals surface area contributed by atoms with E-state index in [0.29, 0.717) is 11.5 Å². The summed E-state index contributed by atoms with van der Waals surface area (Å²) in [5.74, 6) is 0. The number of rotatable bonds is 20. The lowest BCUT2D eigenvalue weighted by molar-refractivity contribution is 0.240. The van der Waals surface area contributed by atoms with Gasteiger partial charge in [0.15, 0.2) is 0 Å². The summed E-state index contributed by atoms with van der Waals surface area (Å²) in [4.78, 5) is 0. The fourth-order valence-corrected chi connectivity index (χ4v) is 3.94. The van der Waals surface area contributed by atoms with Gasteiger partial charge in [0.1, 0.15) is 0 Å². The topological polar surface area (TPSA) is 26.0 Å². The standard InChI is InChI=1S/C25H53N/c1-5-7-9-10-11-12-13-14-15-16-17-18-19-20-21-22-24(26)25(3,4)23-8-6-2/h24H,5-23,26H2,1-4H3. The van der Waals surface area contributed by atoms with E-state index in [1.165, 1.54) is 122 Å². The van der Waals surface area contributed by atoms with Gasteiger partial charge in [-0.15, -0.1) is 0 Å². The monoisotopic (exact) mass is 367 g/mol. The molecule has 0 spiro atoms. The third-order valence-corrected chi connectivity index (χ3v) is 6.30. The van der Waals surface area contributed by atoms with E-state index in [1.54, 1.807) is 0 Å². The predicted octanol–water partition coefficient (Wildman–Crippen LogP) is 8.79. The van der Waals surface area contributed by atoms with Crippen molar-refractivity contribution in [1.29, 1.82) is 0 Å². The lowest BCUT2D eigenvalue weighted by Crippen LogP contribution is -2.37. The molecule has 1 unspecified atom stereocenters. The molecule has 0 fully saturated rings. The first-order chi connectivity index (χ1) is 12.5. The van der Waals surface area contributed by atoms with Crippen molar-refractivity contribution < 1.29 is 0 Å². The third kappa shape index (κ3) is 16.2. The van der Waals surface area contributed by atoms with E-state index in [2.05, 4.69) is 27.7 Å². The number of unbranched alkanes of at least 4 members (excludes halogenated alkanes) is 15. The second-order valence-electron chi connectivity index (χ2n) is 9.44. The van der Waals surface area contributed by atoms with Gasteiger partial charge < -0.3 is 5.73 Å². The van der Waals surface area contributed by atoms with Gasteiger partial charge in [-0.2, -0.15) is 0 Å². The first-order valence-electron chi connectivity index (χ1n) is 12.3. The molecule has 0 radical (unpaired) electrons. The van der Waals surface area contributed by atoms with Crippen LogP contribution in [-0.4, -0.2) is 6.04 Å². The fraction of sp³-hybridized carbons (Fsp3) is 1.00. The van der Waals surface area contributed by atoms with Gasteiger partial charge >= 0.3 is 0 Å². The van der Waals surface area contributed by atoms with E-state index in [-0.39, 0.29) is 0 Å². The fourth-order valence-electron chi connectivity index (χ4n) is 3.94. The molecule has 0 aliphatic carbocycles. The van der Waals surface area contributed by atoms with Crippen LogP contribution in [0.15, 0.2) is 0 Å². The molecule has 0 aromatic carbocycles. The molecule has 2 N–H and O–H groups in total. The van der Waals surface area contributed by atoms with Crippen LogP contribution >= 0.6 is 0 Å². The second-order valence-corrected chi connectivity index (χ2v) is 9.44. The van der Waals surface area contributed by atoms with Gasteiger partial charge in [-0.05, 0) is 18.3 Å². The van der Waals surface area contributed by atoms with Crippen LogP contribution in [0.5, 0.6) is 0 Å². The highest BCUT2D eigenvalue weighted by molar-refractivity contribution is 4.81. The Balaban J connectivity index is 3.28. The molecule has 0 aliphatic heterocycles. The zero-order valence-electron chi connectivity index (χ0n) is 19.1. The van der Waals surface area contributed by atoms with E-state index >= 15 is 0 Å². The van der Waals surface area contributed by atoms with Crippen molar-refractivity contribution >= 4 is 0 Å². The highest BCUT2D eigenvalue weighted by Gasteiger charge is 2.24. The van der Waals surface area contributed by atoms with Crippen molar-refractivity contribution in [3.63, 3.8) is 0 Å². The molecule has 0 bridgehead atoms. The molecule has 0 aromatic heterocycles. The minimum absolute atomic E-state index is 0.325. The zero-order valence-corrected chi connectivity index (χ0v) is 19.1. The Morgan fingerprint density at radius 2 is 0.885 bits per heavy atom. The summed E-state index contributed by atoms with van der Waals surface area (Å²) in [7, 11) is 0. The van der Waals surface area contributed by atoms with Gasteiger partial charge in [-0.1, -0.05) is 137 Å². The van der Waals surface area contributed by atoms with Crippen molar-refractivity contribution in [1.82, 2.24) is 0 Å². The molecular weight excluding hydrogens is 314 g/mol. The van der Waals surface area contributed by atoms with Crippen molar-refractivity contribution in [3.05, 3.63) is 0 Å². The van der Waals surface area contributed by atoms with E-state index < -0.39 is 0 Å². The van der Waals surface area contributed by atoms with E-state index in [1.807, 2.05) is 0 Å². The average Bonchev–Trinajstić information content (AvgIpc) is 2.63. The van der Waals surface area contributed by atoms with Crippen LogP contribution < -0.4 is 5.73 Å². The first kappa shape index (κ1) is 26.0. The van der Waals surface area contributed by atoms with Crippen LogP contribution in [0.1, 0.15) is 150 Å². The molecule has 0 saturated heterocycles. The lowest BCUT2D eigenvalue weighted by atomic mass is 9.78. The Morgan fingerprint density at radius 1 is 0.538 bits per heavy atom. The number of hydrogen-bond donors (Lipinski definition) is 1. The summed E-state index contributed by atoms with van der Waals surface area (Å²) in [5.41, 5.74) is 6.77. The van der Waals surface area contributed by atoms with E-state index in [0.717, 1.165) is 0 Å². The van der Waals surface area contributed by atoms with Gasteiger partial charge in [0.25, 0.3) is 0 Å². The minimum atomic E-state index is 0.325. The first-order valence-corrected chi connectivity index (χ1v) is 12.3. The van der Waals surface area contributed by atoms with Gasteiger partial charge in [0.05, 0.1) is 0 Å². The average molecular weight is 368 g/mol. The highest BCUT2D eigenvalue weighted by Crippen LogP contribution is 2.29. The summed E-state index contributed by atoms with van der Waals surface area (Å²) in [6, 6.07) is 0.385. The molecular formula is C25H53N. The molecule has 1 atom stereocenters. The van der Waals surface area contributed by atoms with Gasteiger partial charge in [0, 0.05) is 6.04 Å². The minimum Gasteiger partial charge on any atom is -0.327 e. The second kappa shape index (κ2) is 18.3. The molecule has 158 valence electrons. The van der Waals surface area contributed by atoms with Crippen molar-refractivity contribution in [2.24, 2.45) is 11.1 Å². The maximum atomic E-state index is 6.45. The molecule has 0 aromatic rings. The quantitative estimate of drug-likeness (QED) is 0.214. The predicted molar refractivity (Wildman–Crippen MR) is 121 cm³/mol. The smallest absolute Gasteiger partial charge is 0.00902 e. The molecule has 0 rings (SSSR count). The third-order valence-electron chi connectivity index (χ3n) is 6.30. The molecule has 0 amide bonds. The lowest BCUT2D eigenvalue weighted by Gasteiger charge is -2.31.